The fourth-order valence-electron chi connectivity index (χ4n) is 1.81. The van der Waals surface area contributed by atoms with E-state index in [1.165, 1.54) is 18.3 Å². The van der Waals surface area contributed by atoms with Crippen molar-refractivity contribution in [3.63, 3.8) is 0 Å². The molecule has 0 amide bonds. The van der Waals surface area contributed by atoms with E-state index in [0.717, 1.165) is 24.3 Å². The third-order valence-electron chi connectivity index (χ3n) is 2.65. The van der Waals surface area contributed by atoms with Gasteiger partial charge in [0, 0.05) is 18.0 Å². The number of nitriles is 1. The molecule has 0 radical (unpaired) electrons. The summed E-state index contributed by atoms with van der Waals surface area (Å²) in [5, 5.41) is 8.88. The summed E-state index contributed by atoms with van der Waals surface area (Å²) in [7, 11) is -3.65. The number of pyridine rings is 1. The molecule has 1 unspecified atom stereocenters. The van der Waals surface area contributed by atoms with Gasteiger partial charge in [-0.3, -0.25) is 0 Å². The molecule has 1 aromatic heterocycles. The van der Waals surface area contributed by atoms with Gasteiger partial charge < -0.3 is 0 Å². The number of thioether (sulfide) groups is 1. The molecular weight excluding hydrogens is 270 g/mol. The number of hydrogen-bond donors (Lipinski definition) is 1. The van der Waals surface area contributed by atoms with Crippen LogP contribution < -0.4 is 4.72 Å². The lowest BCUT2D eigenvalue weighted by atomic mass is 10.2. The number of hydrogen-bond acceptors (Lipinski definition) is 5. The summed E-state index contributed by atoms with van der Waals surface area (Å²) in [4.78, 5) is 3.73. The summed E-state index contributed by atoms with van der Waals surface area (Å²) >= 11 is 1.74. The first kappa shape index (κ1) is 13.3. The Kier molecular flexibility index (Phi) is 4.22. The van der Waals surface area contributed by atoms with E-state index in [9.17, 15) is 8.42 Å². The van der Waals surface area contributed by atoms with Crippen molar-refractivity contribution in [1.82, 2.24) is 9.71 Å². The van der Waals surface area contributed by atoms with Crippen LogP contribution in [-0.4, -0.2) is 30.9 Å². The van der Waals surface area contributed by atoms with Crippen molar-refractivity contribution >= 4 is 21.8 Å². The average Bonchev–Trinajstić information content (AvgIpc) is 2.39. The molecule has 1 N–H and O–H groups in total. The Morgan fingerprint density at radius 2 is 2.39 bits per heavy atom. The fourth-order valence-corrected chi connectivity index (χ4v) is 4.36. The van der Waals surface area contributed by atoms with Gasteiger partial charge in [0.2, 0.25) is 10.0 Å². The fraction of sp³-hybridized carbons (Fsp3) is 0.455. The lowest BCUT2D eigenvalue weighted by molar-refractivity contribution is 0.542. The highest BCUT2D eigenvalue weighted by Crippen LogP contribution is 2.20. The summed E-state index contributed by atoms with van der Waals surface area (Å²) in [6.07, 6.45) is 3.26. The maximum absolute atomic E-state index is 12.2. The van der Waals surface area contributed by atoms with Gasteiger partial charge in [-0.1, -0.05) is 0 Å². The molecule has 18 heavy (non-hydrogen) atoms. The molecular formula is C11H13N3O2S2. The summed E-state index contributed by atoms with van der Waals surface area (Å²) in [6.45, 7) is 0. The zero-order chi connectivity index (χ0) is 13.0. The first-order chi connectivity index (χ1) is 8.63. The Morgan fingerprint density at radius 3 is 3.06 bits per heavy atom. The second-order valence-electron chi connectivity index (χ2n) is 4.00. The molecule has 1 aliphatic rings. The van der Waals surface area contributed by atoms with E-state index < -0.39 is 10.0 Å². The Labute approximate surface area is 111 Å². The number of rotatable bonds is 3. The van der Waals surface area contributed by atoms with Crippen LogP contribution in [0.25, 0.3) is 0 Å². The van der Waals surface area contributed by atoms with Gasteiger partial charge in [-0.15, -0.1) is 0 Å². The predicted octanol–water partition coefficient (Wildman–Crippen LogP) is 1.13. The largest absolute Gasteiger partial charge is 0.244 e. The Hall–Kier alpha value is -1.10. The van der Waals surface area contributed by atoms with E-state index in [-0.39, 0.29) is 16.6 Å². The summed E-state index contributed by atoms with van der Waals surface area (Å²) in [5.74, 6) is 1.86. The molecule has 96 valence electrons. The Bertz CT molecular complexity index is 560. The van der Waals surface area contributed by atoms with E-state index >= 15 is 0 Å². The molecule has 0 saturated carbocycles. The van der Waals surface area contributed by atoms with E-state index in [0.29, 0.717) is 0 Å². The minimum Gasteiger partial charge on any atom is -0.244 e. The molecule has 1 fully saturated rings. The van der Waals surface area contributed by atoms with Crippen molar-refractivity contribution in [1.29, 1.82) is 5.26 Å². The van der Waals surface area contributed by atoms with E-state index in [4.69, 9.17) is 5.26 Å². The summed E-state index contributed by atoms with van der Waals surface area (Å²) in [5.41, 5.74) is -0.0616. The van der Waals surface area contributed by atoms with Gasteiger partial charge in [0.25, 0.3) is 0 Å². The van der Waals surface area contributed by atoms with Gasteiger partial charge in [0.15, 0.2) is 5.69 Å². The molecule has 1 saturated heterocycles. The van der Waals surface area contributed by atoms with Gasteiger partial charge in [-0.2, -0.15) is 17.0 Å². The zero-order valence-electron chi connectivity index (χ0n) is 9.67. The molecule has 1 aliphatic heterocycles. The lowest BCUT2D eigenvalue weighted by Crippen LogP contribution is -2.38. The molecule has 0 aliphatic carbocycles. The topological polar surface area (TPSA) is 82.8 Å². The molecule has 5 nitrogen and oxygen atoms in total. The normalized spacial score (nSPS) is 20.3. The first-order valence-corrected chi connectivity index (χ1v) is 8.22. The van der Waals surface area contributed by atoms with Crippen LogP contribution >= 0.6 is 11.8 Å². The predicted molar refractivity (Wildman–Crippen MR) is 69.6 cm³/mol. The Balaban J connectivity index is 2.22. The number of nitrogens with zero attached hydrogens (tertiary/aromatic N) is 2. The zero-order valence-corrected chi connectivity index (χ0v) is 11.3. The van der Waals surface area contributed by atoms with Gasteiger partial charge in [-0.05, 0) is 30.7 Å². The maximum Gasteiger partial charge on any atom is 0.243 e. The van der Waals surface area contributed by atoms with Gasteiger partial charge >= 0.3 is 0 Å². The van der Waals surface area contributed by atoms with Crippen molar-refractivity contribution in [3.05, 3.63) is 24.0 Å². The summed E-state index contributed by atoms with van der Waals surface area (Å²) in [6, 6.07) is 4.67. The third kappa shape index (κ3) is 3.02. The molecule has 0 aromatic carbocycles. The van der Waals surface area contributed by atoms with Crippen molar-refractivity contribution < 1.29 is 8.42 Å². The highest BCUT2D eigenvalue weighted by atomic mass is 32.2. The van der Waals surface area contributed by atoms with Gasteiger partial charge in [-0.25, -0.2) is 18.1 Å². The molecule has 0 bridgehead atoms. The standard InChI is InChI=1S/C11H13N3O2S2/c12-7-10-11(4-1-5-13-10)18(15,16)14-9-3-2-6-17-8-9/h1,4-5,9,14H,2-3,6,8H2. The van der Waals surface area contributed by atoms with E-state index in [2.05, 4.69) is 9.71 Å². The van der Waals surface area contributed by atoms with Crippen molar-refractivity contribution in [3.8, 4) is 6.07 Å². The van der Waals surface area contributed by atoms with E-state index in [1.54, 1.807) is 17.8 Å². The summed E-state index contributed by atoms with van der Waals surface area (Å²) < 4.78 is 27.0. The average molecular weight is 283 g/mol. The molecule has 7 heteroatoms. The van der Waals surface area contributed by atoms with Crippen LogP contribution in [-0.2, 0) is 10.0 Å². The lowest BCUT2D eigenvalue weighted by Gasteiger charge is -2.22. The minimum absolute atomic E-state index is 0.0388. The SMILES string of the molecule is N#Cc1ncccc1S(=O)(=O)NC1CCCSC1. The quantitative estimate of drug-likeness (QED) is 0.899. The van der Waals surface area contributed by atoms with Crippen molar-refractivity contribution in [2.45, 2.75) is 23.8 Å². The second-order valence-corrected chi connectivity index (χ2v) is 6.83. The number of aromatic nitrogens is 1. The molecule has 0 spiro atoms. The number of sulfonamides is 1. The van der Waals surface area contributed by atoms with Crippen LogP contribution in [0, 0.1) is 11.3 Å². The number of nitrogens with one attached hydrogen (secondary N) is 1. The van der Waals surface area contributed by atoms with Gasteiger partial charge in [0.05, 0.1) is 0 Å². The third-order valence-corrected chi connectivity index (χ3v) is 5.42. The molecule has 1 atom stereocenters. The highest BCUT2D eigenvalue weighted by molar-refractivity contribution is 7.99. The highest BCUT2D eigenvalue weighted by Gasteiger charge is 2.24. The first-order valence-electron chi connectivity index (χ1n) is 5.58. The smallest absolute Gasteiger partial charge is 0.243 e. The molecule has 1 aromatic rings. The van der Waals surface area contributed by atoms with Crippen LogP contribution in [0.4, 0.5) is 0 Å². The molecule has 2 heterocycles. The van der Waals surface area contributed by atoms with Crippen LogP contribution in [0.5, 0.6) is 0 Å². The Morgan fingerprint density at radius 1 is 1.56 bits per heavy atom. The molecule has 2 rings (SSSR count). The minimum atomic E-state index is -3.65. The second kappa shape index (κ2) is 5.69. The van der Waals surface area contributed by atoms with Crippen LogP contribution in [0.15, 0.2) is 23.2 Å². The van der Waals surface area contributed by atoms with Crippen molar-refractivity contribution in [2.24, 2.45) is 0 Å². The monoisotopic (exact) mass is 283 g/mol. The van der Waals surface area contributed by atoms with E-state index in [1.807, 2.05) is 0 Å². The maximum atomic E-state index is 12.2. The van der Waals surface area contributed by atoms with Crippen molar-refractivity contribution in [2.75, 3.05) is 11.5 Å². The van der Waals surface area contributed by atoms with Crippen LogP contribution in [0.1, 0.15) is 18.5 Å². The van der Waals surface area contributed by atoms with Crippen LogP contribution in [0.3, 0.4) is 0 Å². The van der Waals surface area contributed by atoms with Gasteiger partial charge in [0.1, 0.15) is 11.0 Å². The van der Waals surface area contributed by atoms with Crippen LogP contribution in [0.2, 0.25) is 0 Å².